The van der Waals surface area contributed by atoms with Gasteiger partial charge in [-0.3, -0.25) is 4.79 Å². The molecule has 0 aliphatic carbocycles. The molecule has 0 aromatic carbocycles. The number of aliphatic hydroxyl groups excluding tert-OH is 1. The molecule has 3 nitrogen and oxygen atoms in total. The third-order valence-corrected chi connectivity index (χ3v) is 2.58. The second-order valence-corrected chi connectivity index (χ2v) is 4.12. The summed E-state index contributed by atoms with van der Waals surface area (Å²) in [7, 11) is 0. The number of nitrogens with zero attached hydrogens (tertiary/aromatic N) is 1. The van der Waals surface area contributed by atoms with Crippen LogP contribution in [0.5, 0.6) is 0 Å². The van der Waals surface area contributed by atoms with E-state index >= 15 is 0 Å². The molecule has 0 radical (unpaired) electrons. The topological polar surface area (TPSA) is 40.5 Å². The second kappa shape index (κ2) is 4.61. The third kappa shape index (κ3) is 3.35. The maximum Gasteiger partial charge on any atom is 0.222 e. The Morgan fingerprint density at radius 3 is 2.92 bits per heavy atom. The van der Waals surface area contributed by atoms with Crippen molar-refractivity contribution in [3.63, 3.8) is 0 Å². The fourth-order valence-electron chi connectivity index (χ4n) is 1.69. The molecule has 1 unspecified atom stereocenters. The maximum absolute atomic E-state index is 11.5. The molecule has 3 heteroatoms. The van der Waals surface area contributed by atoms with E-state index in [9.17, 15) is 9.90 Å². The van der Waals surface area contributed by atoms with Crippen LogP contribution in [0.2, 0.25) is 0 Å². The van der Waals surface area contributed by atoms with Crippen LogP contribution in [0.4, 0.5) is 0 Å². The Morgan fingerprint density at radius 1 is 1.62 bits per heavy atom. The van der Waals surface area contributed by atoms with Crippen LogP contribution in [-0.4, -0.2) is 35.1 Å². The van der Waals surface area contributed by atoms with Crippen molar-refractivity contribution in [2.75, 3.05) is 13.1 Å². The fourth-order valence-corrected chi connectivity index (χ4v) is 1.69. The molecule has 0 spiro atoms. The Morgan fingerprint density at radius 2 is 2.31 bits per heavy atom. The minimum atomic E-state index is -0.405. The normalized spacial score (nSPS) is 27.2. The van der Waals surface area contributed by atoms with E-state index in [0.717, 1.165) is 19.4 Å². The molecular formula is C10H19NO2. The van der Waals surface area contributed by atoms with Gasteiger partial charge in [-0.2, -0.15) is 0 Å². The van der Waals surface area contributed by atoms with Crippen LogP contribution in [-0.2, 0) is 4.79 Å². The van der Waals surface area contributed by atoms with Crippen LogP contribution in [0.15, 0.2) is 0 Å². The molecule has 1 heterocycles. The van der Waals surface area contributed by atoms with Gasteiger partial charge in [0.1, 0.15) is 0 Å². The van der Waals surface area contributed by atoms with Crippen LogP contribution in [0.3, 0.4) is 0 Å². The van der Waals surface area contributed by atoms with Crippen LogP contribution in [0.25, 0.3) is 0 Å². The summed E-state index contributed by atoms with van der Waals surface area (Å²) >= 11 is 0. The Kier molecular flexibility index (Phi) is 3.72. The summed E-state index contributed by atoms with van der Waals surface area (Å²) in [6.45, 7) is 5.21. The zero-order valence-electron chi connectivity index (χ0n) is 8.49. The second-order valence-electron chi connectivity index (χ2n) is 4.12. The Bertz CT molecular complexity index is 180. The van der Waals surface area contributed by atoms with E-state index < -0.39 is 6.10 Å². The highest BCUT2D eigenvalue weighted by Gasteiger charge is 2.20. The van der Waals surface area contributed by atoms with Crippen LogP contribution in [0, 0.1) is 5.92 Å². The van der Waals surface area contributed by atoms with Crippen molar-refractivity contribution in [2.24, 2.45) is 5.92 Å². The van der Waals surface area contributed by atoms with Crippen molar-refractivity contribution >= 4 is 5.91 Å². The maximum atomic E-state index is 11.5. The molecule has 2 atom stereocenters. The molecule has 1 aliphatic rings. The van der Waals surface area contributed by atoms with Gasteiger partial charge in [0.25, 0.3) is 0 Å². The van der Waals surface area contributed by atoms with Gasteiger partial charge in [0.05, 0.1) is 6.10 Å². The van der Waals surface area contributed by atoms with Gasteiger partial charge in [-0.05, 0) is 25.7 Å². The molecular weight excluding hydrogens is 166 g/mol. The lowest BCUT2D eigenvalue weighted by atomic mass is 10.0. The first-order valence-electron chi connectivity index (χ1n) is 5.05. The standard InChI is InChI=1S/C10H19NO2/c1-8-3-4-10(13)11(6-5-8)7-9(2)12/h8-9,12H,3-7H2,1-2H3/t8?,9-/m0/s1. The molecule has 1 fully saturated rings. The van der Waals surface area contributed by atoms with E-state index in [0.29, 0.717) is 18.9 Å². The smallest absolute Gasteiger partial charge is 0.222 e. The Labute approximate surface area is 79.7 Å². The van der Waals surface area contributed by atoms with Gasteiger partial charge in [0.15, 0.2) is 0 Å². The van der Waals surface area contributed by atoms with E-state index in [4.69, 9.17) is 0 Å². The Balaban J connectivity index is 2.47. The molecule has 0 saturated carbocycles. The van der Waals surface area contributed by atoms with E-state index in [-0.39, 0.29) is 5.91 Å². The quantitative estimate of drug-likeness (QED) is 0.697. The van der Waals surface area contributed by atoms with Crippen molar-refractivity contribution in [2.45, 2.75) is 39.2 Å². The molecule has 1 N–H and O–H groups in total. The van der Waals surface area contributed by atoms with E-state index in [1.54, 1.807) is 11.8 Å². The number of amides is 1. The lowest BCUT2D eigenvalue weighted by Crippen LogP contribution is -2.36. The molecule has 0 aromatic heterocycles. The number of carbonyl (C=O) groups excluding carboxylic acids is 1. The molecule has 1 saturated heterocycles. The van der Waals surface area contributed by atoms with Gasteiger partial charge in [-0.1, -0.05) is 6.92 Å². The highest BCUT2D eigenvalue weighted by atomic mass is 16.3. The number of β-amino-alcohol motifs (C(OH)–C–C–N with tert-alkyl or cyclic N) is 1. The number of hydrogen-bond acceptors (Lipinski definition) is 2. The third-order valence-electron chi connectivity index (χ3n) is 2.58. The summed E-state index contributed by atoms with van der Waals surface area (Å²) in [6.07, 6.45) is 2.30. The summed E-state index contributed by atoms with van der Waals surface area (Å²) in [5, 5.41) is 9.19. The average molecular weight is 185 g/mol. The van der Waals surface area contributed by atoms with Crippen LogP contribution >= 0.6 is 0 Å². The SMILES string of the molecule is CC1CCC(=O)N(C[C@H](C)O)CC1. The van der Waals surface area contributed by atoms with E-state index in [1.807, 2.05) is 0 Å². The zero-order valence-corrected chi connectivity index (χ0v) is 8.49. The van der Waals surface area contributed by atoms with E-state index in [2.05, 4.69) is 6.92 Å². The zero-order chi connectivity index (χ0) is 9.84. The first kappa shape index (κ1) is 10.5. The molecule has 76 valence electrons. The first-order chi connectivity index (χ1) is 6.09. The highest BCUT2D eigenvalue weighted by Crippen LogP contribution is 2.17. The van der Waals surface area contributed by atoms with Gasteiger partial charge in [0.2, 0.25) is 5.91 Å². The van der Waals surface area contributed by atoms with E-state index in [1.165, 1.54) is 0 Å². The molecule has 1 rings (SSSR count). The molecule has 13 heavy (non-hydrogen) atoms. The van der Waals surface area contributed by atoms with Gasteiger partial charge < -0.3 is 10.0 Å². The Hall–Kier alpha value is -0.570. The van der Waals surface area contributed by atoms with Crippen molar-refractivity contribution < 1.29 is 9.90 Å². The molecule has 0 aromatic rings. The molecule has 1 aliphatic heterocycles. The number of likely N-dealkylation sites (tertiary alicyclic amines) is 1. The van der Waals surface area contributed by atoms with Crippen molar-refractivity contribution in [1.82, 2.24) is 4.90 Å². The summed E-state index contributed by atoms with van der Waals surface area (Å²) in [4.78, 5) is 13.3. The lowest BCUT2D eigenvalue weighted by Gasteiger charge is -2.21. The number of carbonyl (C=O) groups is 1. The number of rotatable bonds is 2. The average Bonchev–Trinajstić information content (AvgIpc) is 2.19. The largest absolute Gasteiger partial charge is 0.392 e. The fraction of sp³-hybridized carbons (Fsp3) is 0.900. The van der Waals surface area contributed by atoms with Gasteiger partial charge in [-0.15, -0.1) is 0 Å². The summed E-state index contributed by atoms with van der Waals surface area (Å²) in [5.74, 6) is 0.841. The van der Waals surface area contributed by atoms with Gasteiger partial charge in [-0.25, -0.2) is 0 Å². The summed E-state index contributed by atoms with van der Waals surface area (Å²) < 4.78 is 0. The first-order valence-corrected chi connectivity index (χ1v) is 5.05. The summed E-state index contributed by atoms with van der Waals surface area (Å²) in [5.41, 5.74) is 0. The van der Waals surface area contributed by atoms with Crippen molar-refractivity contribution in [1.29, 1.82) is 0 Å². The lowest BCUT2D eigenvalue weighted by molar-refractivity contribution is -0.131. The van der Waals surface area contributed by atoms with Gasteiger partial charge in [0, 0.05) is 19.5 Å². The summed E-state index contributed by atoms with van der Waals surface area (Å²) in [6, 6.07) is 0. The minimum Gasteiger partial charge on any atom is -0.392 e. The van der Waals surface area contributed by atoms with Crippen molar-refractivity contribution in [3.05, 3.63) is 0 Å². The predicted molar refractivity (Wildman–Crippen MR) is 51.3 cm³/mol. The predicted octanol–water partition coefficient (Wildman–Crippen LogP) is 1.02. The monoisotopic (exact) mass is 185 g/mol. The minimum absolute atomic E-state index is 0.199. The van der Waals surface area contributed by atoms with Crippen LogP contribution in [0.1, 0.15) is 33.1 Å². The molecule has 0 bridgehead atoms. The van der Waals surface area contributed by atoms with Crippen LogP contribution < -0.4 is 0 Å². The highest BCUT2D eigenvalue weighted by molar-refractivity contribution is 5.76. The molecule has 1 amide bonds. The van der Waals surface area contributed by atoms with Gasteiger partial charge >= 0.3 is 0 Å². The number of hydrogen-bond donors (Lipinski definition) is 1. The number of aliphatic hydroxyl groups is 1. The van der Waals surface area contributed by atoms with Crippen molar-refractivity contribution in [3.8, 4) is 0 Å².